The summed E-state index contributed by atoms with van der Waals surface area (Å²) in [5, 5.41) is 1.31. The summed E-state index contributed by atoms with van der Waals surface area (Å²) >= 11 is 11.7. The molecule has 1 heterocycles. The molecule has 0 unspecified atom stereocenters. The number of halogens is 2. The molecule has 0 atom stereocenters. The molecule has 2 N–H and O–H groups in total. The Kier molecular flexibility index (Phi) is 5.33. The molecule has 0 fully saturated rings. The summed E-state index contributed by atoms with van der Waals surface area (Å²) in [4.78, 5) is 20.5. The van der Waals surface area contributed by atoms with Gasteiger partial charge < -0.3 is 5.73 Å². The fourth-order valence-electron chi connectivity index (χ4n) is 1.85. The molecule has 0 bridgehead atoms. The predicted molar refractivity (Wildman–Crippen MR) is 102 cm³/mol. The van der Waals surface area contributed by atoms with Crippen molar-refractivity contribution in [1.82, 2.24) is 15.0 Å². The number of nitrogens with two attached hydrogens (primary N) is 1. The van der Waals surface area contributed by atoms with Crippen molar-refractivity contribution in [3.63, 3.8) is 0 Å². The number of hydrogen-bond acceptors (Lipinski definition) is 6. The Labute approximate surface area is 154 Å². The maximum atomic E-state index is 5.85. The van der Waals surface area contributed by atoms with Gasteiger partial charge in [0.2, 0.25) is 5.95 Å². The van der Waals surface area contributed by atoms with Crippen molar-refractivity contribution in [3.8, 4) is 0 Å². The molecule has 0 aliphatic carbocycles. The lowest BCUT2D eigenvalue weighted by Gasteiger charge is -1.98. The molecule has 3 rings (SSSR count). The van der Waals surface area contributed by atoms with Crippen molar-refractivity contribution in [2.24, 2.45) is 9.98 Å². The van der Waals surface area contributed by atoms with Crippen LogP contribution in [0.4, 0.5) is 17.8 Å². The first-order chi connectivity index (χ1) is 12.1. The standard InChI is InChI=1S/C17H12Cl2N6/c18-13-5-1-11(2-6-13)9-21-16-23-15(20)24-17(25-16)22-10-12-3-7-14(19)8-4-12/h1-10H,(H2,20,23,24,25)/b21-9+,22-10+. The molecule has 0 amide bonds. The number of anilines is 1. The van der Waals surface area contributed by atoms with E-state index in [0.29, 0.717) is 10.0 Å². The highest BCUT2D eigenvalue weighted by Gasteiger charge is 2.01. The molecule has 0 saturated carbocycles. The Hall–Kier alpha value is -2.83. The first kappa shape index (κ1) is 17.0. The second kappa shape index (κ2) is 7.83. The summed E-state index contributed by atoms with van der Waals surface area (Å²) < 4.78 is 0. The van der Waals surface area contributed by atoms with Gasteiger partial charge >= 0.3 is 0 Å². The van der Waals surface area contributed by atoms with Gasteiger partial charge in [-0.3, -0.25) is 0 Å². The van der Waals surface area contributed by atoms with Gasteiger partial charge in [-0.25, -0.2) is 9.98 Å². The lowest BCUT2D eigenvalue weighted by atomic mass is 10.2. The first-order valence-electron chi connectivity index (χ1n) is 7.19. The van der Waals surface area contributed by atoms with Crippen molar-refractivity contribution in [2.75, 3.05) is 5.73 Å². The summed E-state index contributed by atoms with van der Waals surface area (Å²) in [6, 6.07) is 14.4. The van der Waals surface area contributed by atoms with Crippen molar-refractivity contribution in [1.29, 1.82) is 0 Å². The Morgan fingerprint density at radius 3 is 1.48 bits per heavy atom. The number of nitrogens with zero attached hydrogens (tertiary/aromatic N) is 5. The van der Waals surface area contributed by atoms with Crippen LogP contribution in [-0.4, -0.2) is 27.4 Å². The van der Waals surface area contributed by atoms with Crippen LogP contribution in [0.15, 0.2) is 58.5 Å². The van der Waals surface area contributed by atoms with Crippen molar-refractivity contribution < 1.29 is 0 Å². The fraction of sp³-hybridized carbons (Fsp3) is 0. The average molecular weight is 371 g/mol. The molecule has 124 valence electrons. The van der Waals surface area contributed by atoms with Gasteiger partial charge in [-0.05, 0) is 35.4 Å². The van der Waals surface area contributed by atoms with Gasteiger partial charge in [0, 0.05) is 22.5 Å². The Morgan fingerprint density at radius 2 is 1.08 bits per heavy atom. The number of nitrogen functional groups attached to an aromatic ring is 1. The van der Waals surface area contributed by atoms with E-state index in [2.05, 4.69) is 24.9 Å². The Balaban J connectivity index is 1.80. The molecule has 1 aromatic heterocycles. The van der Waals surface area contributed by atoms with Crippen LogP contribution in [0, 0.1) is 0 Å². The highest BCUT2D eigenvalue weighted by Crippen LogP contribution is 2.14. The third-order valence-electron chi connectivity index (χ3n) is 3.03. The van der Waals surface area contributed by atoms with Crippen molar-refractivity contribution in [2.45, 2.75) is 0 Å². The number of hydrogen-bond donors (Lipinski definition) is 1. The van der Waals surface area contributed by atoms with Gasteiger partial charge in [-0.2, -0.15) is 15.0 Å². The summed E-state index contributed by atoms with van der Waals surface area (Å²) in [5.74, 6) is 0.387. The molecule has 0 aliphatic rings. The SMILES string of the molecule is Nc1nc(/N=C/c2ccc(Cl)cc2)nc(/N=C/c2ccc(Cl)cc2)n1. The topological polar surface area (TPSA) is 89.4 Å². The van der Waals surface area contributed by atoms with Gasteiger partial charge in [-0.1, -0.05) is 47.5 Å². The molecule has 8 heteroatoms. The predicted octanol–water partition coefficient (Wildman–Crippen LogP) is 4.26. The molecule has 0 saturated heterocycles. The van der Waals surface area contributed by atoms with Gasteiger partial charge in [0.25, 0.3) is 11.9 Å². The zero-order valence-corrected chi connectivity index (χ0v) is 14.4. The van der Waals surface area contributed by atoms with Crippen LogP contribution in [0.3, 0.4) is 0 Å². The maximum absolute atomic E-state index is 5.85. The van der Waals surface area contributed by atoms with E-state index in [1.807, 2.05) is 24.3 Å². The van der Waals surface area contributed by atoms with E-state index in [9.17, 15) is 0 Å². The number of rotatable bonds is 4. The second-order valence-corrected chi connectivity index (χ2v) is 5.79. The van der Waals surface area contributed by atoms with Gasteiger partial charge in [0.15, 0.2) is 0 Å². The molecular weight excluding hydrogens is 359 g/mol. The van der Waals surface area contributed by atoms with Crippen LogP contribution in [0.2, 0.25) is 10.0 Å². The molecule has 0 spiro atoms. The lowest BCUT2D eigenvalue weighted by molar-refractivity contribution is 1.04. The van der Waals surface area contributed by atoms with E-state index in [-0.39, 0.29) is 17.8 Å². The molecule has 3 aromatic rings. The highest BCUT2D eigenvalue weighted by molar-refractivity contribution is 6.30. The summed E-state index contributed by atoms with van der Waals surface area (Å²) in [6.07, 6.45) is 3.22. The number of aromatic nitrogens is 3. The monoisotopic (exact) mass is 370 g/mol. The second-order valence-electron chi connectivity index (χ2n) is 4.91. The third-order valence-corrected chi connectivity index (χ3v) is 3.53. The molecule has 25 heavy (non-hydrogen) atoms. The van der Waals surface area contributed by atoms with Crippen molar-refractivity contribution >= 4 is 53.5 Å². The molecule has 2 aromatic carbocycles. The quantitative estimate of drug-likeness (QED) is 0.694. The summed E-state index contributed by atoms with van der Waals surface area (Å²) in [5.41, 5.74) is 7.40. The summed E-state index contributed by atoms with van der Waals surface area (Å²) in [6.45, 7) is 0. The summed E-state index contributed by atoms with van der Waals surface area (Å²) in [7, 11) is 0. The molecule has 6 nitrogen and oxygen atoms in total. The van der Waals surface area contributed by atoms with E-state index in [4.69, 9.17) is 28.9 Å². The third kappa shape index (κ3) is 5.07. The van der Waals surface area contributed by atoms with Gasteiger partial charge in [-0.15, -0.1) is 0 Å². The normalized spacial score (nSPS) is 11.4. The van der Waals surface area contributed by atoms with Crippen LogP contribution >= 0.6 is 23.2 Å². The van der Waals surface area contributed by atoms with E-state index in [1.54, 1.807) is 36.7 Å². The number of aliphatic imine (C=N–C) groups is 2. The zero-order valence-electron chi connectivity index (χ0n) is 12.8. The maximum Gasteiger partial charge on any atom is 0.256 e. The van der Waals surface area contributed by atoms with Crippen LogP contribution in [0.5, 0.6) is 0 Å². The smallest absolute Gasteiger partial charge is 0.256 e. The van der Waals surface area contributed by atoms with Crippen LogP contribution in [0.1, 0.15) is 11.1 Å². The van der Waals surface area contributed by atoms with Crippen LogP contribution in [0.25, 0.3) is 0 Å². The van der Waals surface area contributed by atoms with Gasteiger partial charge in [0.05, 0.1) is 0 Å². The zero-order chi connectivity index (χ0) is 17.6. The van der Waals surface area contributed by atoms with E-state index < -0.39 is 0 Å². The molecule has 0 radical (unpaired) electrons. The Morgan fingerprint density at radius 1 is 0.680 bits per heavy atom. The van der Waals surface area contributed by atoms with E-state index >= 15 is 0 Å². The minimum absolute atomic E-state index is 0.0431. The van der Waals surface area contributed by atoms with E-state index in [1.165, 1.54) is 0 Å². The van der Waals surface area contributed by atoms with E-state index in [0.717, 1.165) is 11.1 Å². The minimum Gasteiger partial charge on any atom is -0.368 e. The van der Waals surface area contributed by atoms with Crippen molar-refractivity contribution in [3.05, 3.63) is 69.7 Å². The minimum atomic E-state index is 0.0431. The highest BCUT2D eigenvalue weighted by atomic mass is 35.5. The van der Waals surface area contributed by atoms with Gasteiger partial charge in [0.1, 0.15) is 0 Å². The fourth-order valence-corrected chi connectivity index (χ4v) is 2.10. The Bertz CT molecular complexity index is 847. The average Bonchev–Trinajstić information content (AvgIpc) is 2.60. The van der Waals surface area contributed by atoms with Crippen LogP contribution < -0.4 is 5.73 Å². The molecular formula is C17H12Cl2N6. The largest absolute Gasteiger partial charge is 0.368 e. The first-order valence-corrected chi connectivity index (χ1v) is 7.95. The lowest BCUT2D eigenvalue weighted by Crippen LogP contribution is -1.97. The molecule has 0 aliphatic heterocycles. The number of benzene rings is 2. The van der Waals surface area contributed by atoms with Crippen LogP contribution in [-0.2, 0) is 0 Å².